The van der Waals surface area contributed by atoms with Crippen molar-refractivity contribution >= 4 is 22.5 Å². The van der Waals surface area contributed by atoms with Gasteiger partial charge in [-0.25, -0.2) is 0 Å². The number of hydrogen-bond donors (Lipinski definition) is 4. The van der Waals surface area contributed by atoms with Gasteiger partial charge in [0.25, 0.3) is 5.91 Å². The van der Waals surface area contributed by atoms with Gasteiger partial charge < -0.3 is 21.1 Å². The van der Waals surface area contributed by atoms with Crippen LogP contribution < -0.4 is 11.1 Å². The molecule has 0 saturated heterocycles. The minimum absolute atomic E-state index is 0.262. The Morgan fingerprint density at radius 1 is 1.47 bits per heavy atom. The van der Waals surface area contributed by atoms with E-state index in [2.05, 4.69) is 10.3 Å². The number of anilines is 1. The van der Waals surface area contributed by atoms with E-state index in [-0.39, 0.29) is 5.91 Å². The Morgan fingerprint density at radius 3 is 2.74 bits per heavy atom. The Morgan fingerprint density at radius 2 is 2.16 bits per heavy atom. The van der Waals surface area contributed by atoms with E-state index in [4.69, 9.17) is 5.73 Å². The maximum Gasteiger partial charge on any atom is 0.268 e. The molecule has 2 rings (SSSR count). The molecule has 1 amide bonds. The van der Waals surface area contributed by atoms with Crippen LogP contribution in [0.5, 0.6) is 0 Å². The number of carbonyl (C=O) groups excluding carboxylic acids is 1. The van der Waals surface area contributed by atoms with Crippen LogP contribution in [-0.2, 0) is 0 Å². The third kappa shape index (κ3) is 2.56. The maximum atomic E-state index is 12.2. The molecular formula is C14H19N3O2. The highest BCUT2D eigenvalue weighted by atomic mass is 16.3. The molecule has 0 bridgehead atoms. The van der Waals surface area contributed by atoms with Crippen LogP contribution in [0.1, 0.15) is 31.3 Å². The van der Waals surface area contributed by atoms with Crippen LogP contribution in [0, 0.1) is 0 Å². The van der Waals surface area contributed by atoms with E-state index in [0.29, 0.717) is 11.4 Å². The first-order valence-electron chi connectivity index (χ1n) is 6.19. The number of aliphatic hydroxyl groups is 1. The van der Waals surface area contributed by atoms with Crippen molar-refractivity contribution in [2.45, 2.75) is 32.4 Å². The summed E-state index contributed by atoms with van der Waals surface area (Å²) < 4.78 is 0. The van der Waals surface area contributed by atoms with Gasteiger partial charge in [0.05, 0.1) is 22.8 Å². The zero-order valence-electron chi connectivity index (χ0n) is 11.3. The van der Waals surface area contributed by atoms with Crippen LogP contribution in [0.15, 0.2) is 24.3 Å². The van der Waals surface area contributed by atoms with E-state index in [1.165, 1.54) is 0 Å². The molecule has 0 radical (unpaired) electrons. The molecule has 5 nitrogen and oxygen atoms in total. The van der Waals surface area contributed by atoms with Gasteiger partial charge in [0.1, 0.15) is 5.69 Å². The minimum Gasteiger partial charge on any atom is -0.397 e. The number of para-hydroxylation sites is 1. The Labute approximate surface area is 111 Å². The second-order valence-electron chi connectivity index (χ2n) is 5.35. The third-order valence-electron chi connectivity index (χ3n) is 3.41. The molecule has 0 aliphatic carbocycles. The fraction of sp³-hybridized carbons (Fsp3) is 0.357. The van der Waals surface area contributed by atoms with Crippen LogP contribution in [0.3, 0.4) is 0 Å². The lowest BCUT2D eigenvalue weighted by Gasteiger charge is -2.29. The van der Waals surface area contributed by atoms with E-state index in [0.717, 1.165) is 10.9 Å². The van der Waals surface area contributed by atoms with Crippen molar-refractivity contribution in [3.05, 3.63) is 30.0 Å². The Kier molecular flexibility index (Phi) is 3.24. The number of nitrogens with two attached hydrogens (primary N) is 1. The topological polar surface area (TPSA) is 91.1 Å². The molecule has 0 aliphatic heterocycles. The van der Waals surface area contributed by atoms with Crippen molar-refractivity contribution < 1.29 is 9.90 Å². The normalized spacial score (nSPS) is 13.5. The fourth-order valence-electron chi connectivity index (χ4n) is 1.77. The largest absolute Gasteiger partial charge is 0.397 e. The van der Waals surface area contributed by atoms with Gasteiger partial charge in [-0.05, 0) is 32.9 Å². The van der Waals surface area contributed by atoms with Crippen molar-refractivity contribution in [3.8, 4) is 0 Å². The van der Waals surface area contributed by atoms with Gasteiger partial charge in [-0.1, -0.05) is 12.1 Å². The molecule has 0 aliphatic rings. The highest BCUT2D eigenvalue weighted by Crippen LogP contribution is 2.21. The van der Waals surface area contributed by atoms with Crippen LogP contribution in [0.25, 0.3) is 10.9 Å². The summed E-state index contributed by atoms with van der Waals surface area (Å²) in [6, 6.07) is 7.26. The standard InChI is InChI=1S/C14H19N3O2/c1-8(18)14(2,3)17-13(19)11-7-9-5-4-6-10(15)12(9)16-11/h4-8,16,18H,15H2,1-3H3,(H,17,19). The highest BCUT2D eigenvalue weighted by Gasteiger charge is 2.27. The second kappa shape index (κ2) is 4.59. The van der Waals surface area contributed by atoms with Crippen LogP contribution in [-0.4, -0.2) is 27.6 Å². The number of H-pyrrole nitrogens is 1. The van der Waals surface area contributed by atoms with Gasteiger partial charge in [-0.2, -0.15) is 0 Å². The molecule has 1 heterocycles. The molecule has 0 fully saturated rings. The third-order valence-corrected chi connectivity index (χ3v) is 3.41. The van der Waals surface area contributed by atoms with E-state index >= 15 is 0 Å². The number of aliphatic hydroxyl groups excluding tert-OH is 1. The average molecular weight is 261 g/mol. The molecule has 19 heavy (non-hydrogen) atoms. The van der Waals surface area contributed by atoms with E-state index in [9.17, 15) is 9.90 Å². The number of nitrogen functional groups attached to an aromatic ring is 1. The summed E-state index contributed by atoms with van der Waals surface area (Å²) in [6.45, 7) is 5.18. The van der Waals surface area contributed by atoms with Crippen molar-refractivity contribution in [1.29, 1.82) is 0 Å². The lowest BCUT2D eigenvalue weighted by atomic mass is 9.98. The van der Waals surface area contributed by atoms with Gasteiger partial charge in [0.2, 0.25) is 0 Å². The van der Waals surface area contributed by atoms with Crippen molar-refractivity contribution in [2.24, 2.45) is 0 Å². The van der Waals surface area contributed by atoms with Gasteiger partial charge in [0.15, 0.2) is 0 Å². The van der Waals surface area contributed by atoms with Gasteiger partial charge in [0, 0.05) is 5.39 Å². The number of nitrogens with one attached hydrogen (secondary N) is 2. The molecule has 1 atom stereocenters. The lowest BCUT2D eigenvalue weighted by Crippen LogP contribution is -2.51. The second-order valence-corrected chi connectivity index (χ2v) is 5.35. The van der Waals surface area contributed by atoms with E-state index < -0.39 is 11.6 Å². The summed E-state index contributed by atoms with van der Waals surface area (Å²) >= 11 is 0. The number of fused-ring (bicyclic) bond motifs is 1. The molecule has 5 heteroatoms. The molecular weight excluding hydrogens is 242 g/mol. The molecule has 5 N–H and O–H groups in total. The highest BCUT2D eigenvalue weighted by molar-refractivity contribution is 6.01. The molecule has 0 spiro atoms. The summed E-state index contributed by atoms with van der Waals surface area (Å²) in [4.78, 5) is 15.2. The zero-order valence-corrected chi connectivity index (χ0v) is 11.3. The first kappa shape index (κ1) is 13.4. The molecule has 0 saturated carbocycles. The van der Waals surface area contributed by atoms with E-state index in [1.54, 1.807) is 32.9 Å². The van der Waals surface area contributed by atoms with E-state index in [1.807, 2.05) is 12.1 Å². The average Bonchev–Trinajstić information content (AvgIpc) is 2.73. The van der Waals surface area contributed by atoms with Crippen LogP contribution in [0.4, 0.5) is 5.69 Å². The molecule has 1 aromatic carbocycles. The minimum atomic E-state index is -0.695. The summed E-state index contributed by atoms with van der Waals surface area (Å²) in [5.74, 6) is -0.262. The smallest absolute Gasteiger partial charge is 0.268 e. The number of benzene rings is 1. The summed E-state index contributed by atoms with van der Waals surface area (Å²) in [5.41, 5.74) is 6.94. The summed E-state index contributed by atoms with van der Waals surface area (Å²) in [5, 5.41) is 13.3. The van der Waals surface area contributed by atoms with Gasteiger partial charge in [-0.15, -0.1) is 0 Å². The zero-order chi connectivity index (χ0) is 14.2. The van der Waals surface area contributed by atoms with Gasteiger partial charge >= 0.3 is 0 Å². The number of amides is 1. The van der Waals surface area contributed by atoms with Crippen molar-refractivity contribution in [3.63, 3.8) is 0 Å². The SMILES string of the molecule is CC(O)C(C)(C)NC(=O)c1cc2cccc(N)c2[nH]1. The number of aromatic nitrogens is 1. The number of hydrogen-bond acceptors (Lipinski definition) is 3. The quantitative estimate of drug-likeness (QED) is 0.633. The predicted octanol–water partition coefficient (Wildman–Crippen LogP) is 1.64. The van der Waals surface area contributed by atoms with Crippen molar-refractivity contribution in [1.82, 2.24) is 10.3 Å². The lowest BCUT2D eigenvalue weighted by molar-refractivity contribution is 0.0706. The van der Waals surface area contributed by atoms with Gasteiger partial charge in [-0.3, -0.25) is 4.79 Å². The Balaban J connectivity index is 2.30. The molecule has 1 unspecified atom stereocenters. The molecule has 1 aromatic heterocycles. The monoisotopic (exact) mass is 261 g/mol. The maximum absolute atomic E-state index is 12.2. The Hall–Kier alpha value is -2.01. The number of rotatable bonds is 3. The summed E-state index contributed by atoms with van der Waals surface area (Å²) in [7, 11) is 0. The number of aromatic amines is 1. The predicted molar refractivity (Wildman–Crippen MR) is 75.9 cm³/mol. The van der Waals surface area contributed by atoms with Crippen LogP contribution >= 0.6 is 0 Å². The first-order valence-corrected chi connectivity index (χ1v) is 6.19. The van der Waals surface area contributed by atoms with Crippen molar-refractivity contribution in [2.75, 3.05) is 5.73 Å². The first-order chi connectivity index (χ1) is 8.81. The number of carbonyl (C=O) groups is 1. The fourth-order valence-corrected chi connectivity index (χ4v) is 1.77. The molecule has 2 aromatic rings. The summed E-state index contributed by atoms with van der Waals surface area (Å²) in [6.07, 6.45) is -0.647. The van der Waals surface area contributed by atoms with Crippen LogP contribution in [0.2, 0.25) is 0 Å². The Bertz CT molecular complexity index is 614. The molecule has 102 valence electrons.